The van der Waals surface area contributed by atoms with Gasteiger partial charge in [-0.05, 0) is 26.1 Å². The first-order valence-electron chi connectivity index (χ1n) is 6.77. The Labute approximate surface area is 123 Å². The summed E-state index contributed by atoms with van der Waals surface area (Å²) in [5.74, 6) is -0.135. The van der Waals surface area contributed by atoms with E-state index < -0.39 is 0 Å². The SMILES string of the molecule is CNC(=O)[C@H]1CN(C)CCN(C(=O)c2ccc(C)s2)C1. The molecule has 0 bridgehead atoms. The second kappa shape index (κ2) is 6.37. The van der Waals surface area contributed by atoms with Gasteiger partial charge >= 0.3 is 0 Å². The number of hydrogen-bond donors (Lipinski definition) is 1. The van der Waals surface area contributed by atoms with Crippen LogP contribution in [0.2, 0.25) is 0 Å². The maximum Gasteiger partial charge on any atom is 0.263 e. The average molecular weight is 295 g/mol. The first-order chi connectivity index (χ1) is 9.51. The fourth-order valence-corrected chi connectivity index (χ4v) is 3.27. The minimum absolute atomic E-state index is 0.00101. The van der Waals surface area contributed by atoms with Gasteiger partial charge in [-0.3, -0.25) is 9.59 Å². The molecule has 0 unspecified atom stereocenters. The Morgan fingerprint density at radius 2 is 2.05 bits per heavy atom. The van der Waals surface area contributed by atoms with E-state index in [0.717, 1.165) is 16.3 Å². The summed E-state index contributed by atoms with van der Waals surface area (Å²) >= 11 is 1.51. The van der Waals surface area contributed by atoms with Gasteiger partial charge in [-0.15, -0.1) is 11.3 Å². The molecular weight excluding hydrogens is 274 g/mol. The Balaban J connectivity index is 2.13. The van der Waals surface area contributed by atoms with Crippen LogP contribution in [-0.4, -0.2) is 61.9 Å². The first-order valence-corrected chi connectivity index (χ1v) is 7.58. The van der Waals surface area contributed by atoms with Crippen LogP contribution >= 0.6 is 11.3 Å². The number of rotatable bonds is 2. The van der Waals surface area contributed by atoms with Crippen LogP contribution in [0.1, 0.15) is 14.5 Å². The second-order valence-corrected chi connectivity index (χ2v) is 6.52. The summed E-state index contributed by atoms with van der Waals surface area (Å²) in [6, 6.07) is 3.82. The van der Waals surface area contributed by atoms with Gasteiger partial charge < -0.3 is 15.1 Å². The smallest absolute Gasteiger partial charge is 0.263 e. The van der Waals surface area contributed by atoms with Crippen LogP contribution in [0, 0.1) is 12.8 Å². The molecule has 0 radical (unpaired) electrons. The highest BCUT2D eigenvalue weighted by Crippen LogP contribution is 2.19. The molecule has 0 aromatic carbocycles. The van der Waals surface area contributed by atoms with Crippen LogP contribution in [0.4, 0.5) is 0 Å². The number of thiophene rings is 1. The van der Waals surface area contributed by atoms with Crippen LogP contribution in [0.25, 0.3) is 0 Å². The predicted molar refractivity (Wildman–Crippen MR) is 80.0 cm³/mol. The van der Waals surface area contributed by atoms with E-state index in [0.29, 0.717) is 19.6 Å². The normalized spacial score (nSPS) is 20.6. The molecule has 0 aliphatic carbocycles. The summed E-state index contributed by atoms with van der Waals surface area (Å²) in [6.45, 7) is 4.63. The molecule has 1 fully saturated rings. The van der Waals surface area contributed by atoms with Crippen molar-refractivity contribution in [1.82, 2.24) is 15.1 Å². The van der Waals surface area contributed by atoms with Crippen molar-refractivity contribution in [3.8, 4) is 0 Å². The summed E-state index contributed by atoms with van der Waals surface area (Å²) in [4.78, 5) is 30.2. The zero-order valence-corrected chi connectivity index (χ0v) is 13.0. The van der Waals surface area contributed by atoms with E-state index in [2.05, 4.69) is 10.2 Å². The number of carbonyl (C=O) groups excluding carboxylic acids is 2. The van der Waals surface area contributed by atoms with Crippen molar-refractivity contribution < 1.29 is 9.59 Å². The molecule has 5 nitrogen and oxygen atoms in total. The summed E-state index contributed by atoms with van der Waals surface area (Å²) in [5.41, 5.74) is 0. The largest absolute Gasteiger partial charge is 0.359 e. The monoisotopic (exact) mass is 295 g/mol. The standard InChI is InChI=1S/C14H21N3O2S/c1-10-4-5-12(20-10)14(19)17-7-6-16(3)8-11(9-17)13(18)15-2/h4-5,11H,6-9H2,1-3H3,(H,15,18)/t11-/m0/s1. The van der Waals surface area contributed by atoms with Crippen LogP contribution in [0.3, 0.4) is 0 Å². The molecule has 20 heavy (non-hydrogen) atoms. The summed E-state index contributed by atoms with van der Waals surface area (Å²) in [5, 5.41) is 2.69. The lowest BCUT2D eigenvalue weighted by Crippen LogP contribution is -2.41. The maximum atomic E-state index is 12.5. The van der Waals surface area contributed by atoms with Gasteiger partial charge in [0.1, 0.15) is 0 Å². The quantitative estimate of drug-likeness (QED) is 0.878. The summed E-state index contributed by atoms with van der Waals surface area (Å²) in [6.07, 6.45) is 0. The van der Waals surface area contributed by atoms with Crippen molar-refractivity contribution in [1.29, 1.82) is 0 Å². The molecule has 6 heteroatoms. The van der Waals surface area contributed by atoms with Crippen molar-refractivity contribution in [2.45, 2.75) is 6.92 Å². The molecular formula is C14H21N3O2S. The molecule has 0 spiro atoms. The minimum Gasteiger partial charge on any atom is -0.359 e. The number of likely N-dealkylation sites (N-methyl/N-ethyl adjacent to an activating group) is 1. The third-order valence-electron chi connectivity index (χ3n) is 3.58. The Morgan fingerprint density at radius 1 is 1.30 bits per heavy atom. The zero-order chi connectivity index (χ0) is 14.7. The Morgan fingerprint density at radius 3 is 2.65 bits per heavy atom. The van der Waals surface area contributed by atoms with Gasteiger partial charge in [0.05, 0.1) is 10.8 Å². The van der Waals surface area contributed by atoms with E-state index in [-0.39, 0.29) is 17.7 Å². The number of carbonyl (C=O) groups is 2. The van der Waals surface area contributed by atoms with Crippen molar-refractivity contribution in [3.63, 3.8) is 0 Å². The topological polar surface area (TPSA) is 52.7 Å². The lowest BCUT2D eigenvalue weighted by molar-refractivity contribution is -0.125. The van der Waals surface area contributed by atoms with E-state index in [4.69, 9.17) is 0 Å². The van der Waals surface area contributed by atoms with Gasteiger partial charge in [-0.2, -0.15) is 0 Å². The number of aryl methyl sites for hydroxylation is 1. The molecule has 2 amide bonds. The molecule has 1 aromatic heterocycles. The van der Waals surface area contributed by atoms with Gasteiger partial charge in [0.2, 0.25) is 5.91 Å². The molecule has 1 N–H and O–H groups in total. The van der Waals surface area contributed by atoms with E-state index >= 15 is 0 Å². The molecule has 1 aromatic rings. The zero-order valence-electron chi connectivity index (χ0n) is 12.2. The number of nitrogens with one attached hydrogen (secondary N) is 1. The van der Waals surface area contributed by atoms with Gasteiger partial charge in [0, 0.05) is 38.1 Å². The lowest BCUT2D eigenvalue weighted by atomic mass is 10.1. The van der Waals surface area contributed by atoms with Crippen LogP contribution in [0.15, 0.2) is 12.1 Å². The van der Waals surface area contributed by atoms with E-state index in [1.165, 1.54) is 11.3 Å². The fourth-order valence-electron chi connectivity index (χ4n) is 2.43. The third kappa shape index (κ3) is 3.37. The highest BCUT2D eigenvalue weighted by atomic mass is 32.1. The first kappa shape index (κ1) is 15.0. The lowest BCUT2D eigenvalue weighted by Gasteiger charge is -2.22. The number of amides is 2. The van der Waals surface area contributed by atoms with E-state index in [9.17, 15) is 9.59 Å². The van der Waals surface area contributed by atoms with Gasteiger partial charge in [-0.1, -0.05) is 0 Å². The van der Waals surface area contributed by atoms with Crippen LogP contribution in [-0.2, 0) is 4.79 Å². The highest BCUT2D eigenvalue weighted by Gasteiger charge is 2.29. The van der Waals surface area contributed by atoms with Crippen molar-refractivity contribution >= 4 is 23.2 Å². The molecule has 2 heterocycles. The summed E-state index contributed by atoms with van der Waals surface area (Å²) < 4.78 is 0. The van der Waals surface area contributed by atoms with E-state index in [1.807, 2.05) is 26.1 Å². The highest BCUT2D eigenvalue weighted by molar-refractivity contribution is 7.13. The molecule has 1 atom stereocenters. The second-order valence-electron chi connectivity index (χ2n) is 5.23. The third-order valence-corrected chi connectivity index (χ3v) is 4.57. The Kier molecular flexibility index (Phi) is 4.77. The van der Waals surface area contributed by atoms with E-state index in [1.54, 1.807) is 11.9 Å². The van der Waals surface area contributed by atoms with Gasteiger partial charge in [0.25, 0.3) is 5.91 Å². The van der Waals surface area contributed by atoms with Gasteiger partial charge in [-0.25, -0.2) is 0 Å². The Hall–Kier alpha value is -1.40. The number of nitrogens with zero attached hydrogens (tertiary/aromatic N) is 2. The Bertz CT molecular complexity index is 500. The van der Waals surface area contributed by atoms with Crippen molar-refractivity contribution in [2.24, 2.45) is 5.92 Å². The number of hydrogen-bond acceptors (Lipinski definition) is 4. The molecule has 110 valence electrons. The molecule has 1 aliphatic heterocycles. The van der Waals surface area contributed by atoms with Crippen LogP contribution in [0.5, 0.6) is 0 Å². The molecule has 2 rings (SSSR count). The predicted octanol–water partition coefficient (Wildman–Crippen LogP) is 0.806. The van der Waals surface area contributed by atoms with Crippen LogP contribution < -0.4 is 5.32 Å². The maximum absolute atomic E-state index is 12.5. The van der Waals surface area contributed by atoms with Gasteiger partial charge in [0.15, 0.2) is 0 Å². The van der Waals surface area contributed by atoms with Crippen molar-refractivity contribution in [2.75, 3.05) is 40.3 Å². The molecule has 1 aliphatic rings. The molecule has 1 saturated heterocycles. The molecule has 0 saturated carbocycles. The minimum atomic E-state index is -0.169. The fraction of sp³-hybridized carbons (Fsp3) is 0.571. The van der Waals surface area contributed by atoms with Crippen molar-refractivity contribution in [3.05, 3.63) is 21.9 Å². The summed E-state index contributed by atoms with van der Waals surface area (Å²) in [7, 11) is 3.63. The average Bonchev–Trinajstić information content (AvgIpc) is 2.76.